The molecule has 0 atom stereocenters. The van der Waals surface area contributed by atoms with Crippen molar-refractivity contribution >= 4 is 5.97 Å². The summed E-state index contributed by atoms with van der Waals surface area (Å²) in [6, 6.07) is 0. The highest BCUT2D eigenvalue weighted by Gasteiger charge is 2.28. The Hall–Kier alpha value is -0.570. The van der Waals surface area contributed by atoms with E-state index in [1.165, 1.54) is 19.3 Å². The Labute approximate surface area is 106 Å². The van der Waals surface area contributed by atoms with Gasteiger partial charge in [0.1, 0.15) is 6.61 Å². The van der Waals surface area contributed by atoms with Crippen LogP contribution in [-0.4, -0.2) is 37.1 Å². The van der Waals surface area contributed by atoms with E-state index in [9.17, 15) is 4.79 Å². The van der Waals surface area contributed by atoms with Crippen LogP contribution in [0.1, 0.15) is 52.9 Å². The monoisotopic (exact) mass is 241 g/mol. The summed E-state index contributed by atoms with van der Waals surface area (Å²) in [6.07, 6.45) is 5.84. The lowest BCUT2D eigenvalue weighted by molar-refractivity contribution is -0.154. The molecule has 0 spiro atoms. The van der Waals surface area contributed by atoms with Gasteiger partial charge in [-0.25, -0.2) is 0 Å². The van der Waals surface area contributed by atoms with Gasteiger partial charge in [0.2, 0.25) is 0 Å². The minimum atomic E-state index is -0.323. The Morgan fingerprint density at radius 3 is 2.47 bits per heavy atom. The van der Waals surface area contributed by atoms with Crippen molar-refractivity contribution in [1.29, 1.82) is 0 Å². The number of rotatable bonds is 6. The van der Waals surface area contributed by atoms with E-state index in [1.54, 1.807) is 0 Å². The van der Waals surface area contributed by atoms with E-state index in [0.717, 1.165) is 32.5 Å². The number of esters is 1. The van der Waals surface area contributed by atoms with Crippen molar-refractivity contribution in [3.63, 3.8) is 0 Å². The molecule has 0 unspecified atom stereocenters. The third-order valence-electron chi connectivity index (χ3n) is 3.52. The molecule has 0 saturated carbocycles. The lowest BCUT2D eigenvalue weighted by atomic mass is 9.88. The molecule has 0 aromatic rings. The first-order valence-corrected chi connectivity index (χ1v) is 6.96. The highest BCUT2D eigenvalue weighted by molar-refractivity contribution is 5.75. The predicted molar refractivity (Wildman–Crippen MR) is 69.9 cm³/mol. The number of likely N-dealkylation sites (tertiary alicyclic amines) is 1. The van der Waals surface area contributed by atoms with Crippen LogP contribution in [0.25, 0.3) is 0 Å². The molecule has 1 fully saturated rings. The van der Waals surface area contributed by atoms with E-state index in [0.29, 0.717) is 6.61 Å². The molecule has 0 aromatic heterocycles. The van der Waals surface area contributed by atoms with E-state index in [4.69, 9.17) is 4.74 Å². The van der Waals surface area contributed by atoms with E-state index >= 15 is 0 Å². The molecule has 3 heteroatoms. The van der Waals surface area contributed by atoms with Crippen LogP contribution >= 0.6 is 0 Å². The maximum Gasteiger partial charge on any atom is 0.311 e. The number of hydrogen-bond acceptors (Lipinski definition) is 3. The molecular weight excluding hydrogens is 214 g/mol. The zero-order chi connectivity index (χ0) is 12.7. The van der Waals surface area contributed by atoms with Crippen LogP contribution in [0.2, 0.25) is 0 Å². The average molecular weight is 241 g/mol. The van der Waals surface area contributed by atoms with Gasteiger partial charge in [0.15, 0.2) is 0 Å². The van der Waals surface area contributed by atoms with Gasteiger partial charge in [0, 0.05) is 6.54 Å². The van der Waals surface area contributed by atoms with Gasteiger partial charge >= 0.3 is 5.97 Å². The van der Waals surface area contributed by atoms with E-state index in [1.807, 2.05) is 13.8 Å². The molecule has 1 heterocycles. The summed E-state index contributed by atoms with van der Waals surface area (Å²) in [6.45, 7) is 9.81. The fourth-order valence-electron chi connectivity index (χ4n) is 2.37. The van der Waals surface area contributed by atoms with Gasteiger partial charge < -0.3 is 4.74 Å². The van der Waals surface area contributed by atoms with Crippen LogP contribution in [0, 0.1) is 5.41 Å². The second-order valence-corrected chi connectivity index (χ2v) is 5.67. The summed E-state index contributed by atoms with van der Waals surface area (Å²) in [7, 11) is 0. The average Bonchev–Trinajstić information content (AvgIpc) is 2.30. The molecule has 3 nitrogen and oxygen atoms in total. The zero-order valence-corrected chi connectivity index (χ0v) is 11.6. The number of carbonyl (C=O) groups excluding carboxylic acids is 1. The molecule has 1 rings (SSSR count). The van der Waals surface area contributed by atoms with Gasteiger partial charge in [0.25, 0.3) is 0 Å². The highest BCUT2D eigenvalue weighted by Crippen LogP contribution is 2.23. The largest absolute Gasteiger partial charge is 0.464 e. The van der Waals surface area contributed by atoms with Crippen molar-refractivity contribution in [2.75, 3.05) is 26.2 Å². The minimum absolute atomic E-state index is 0.0450. The second-order valence-electron chi connectivity index (χ2n) is 5.67. The first-order chi connectivity index (χ1) is 8.06. The van der Waals surface area contributed by atoms with Crippen molar-refractivity contribution in [2.45, 2.75) is 52.9 Å². The van der Waals surface area contributed by atoms with Crippen LogP contribution < -0.4 is 0 Å². The minimum Gasteiger partial charge on any atom is -0.464 e. The van der Waals surface area contributed by atoms with Crippen LogP contribution in [-0.2, 0) is 9.53 Å². The van der Waals surface area contributed by atoms with E-state index < -0.39 is 0 Å². The van der Waals surface area contributed by atoms with Gasteiger partial charge in [-0.05, 0) is 46.2 Å². The lowest BCUT2D eigenvalue weighted by Gasteiger charge is -2.27. The molecule has 0 aromatic carbocycles. The Balaban J connectivity index is 2.18. The smallest absolute Gasteiger partial charge is 0.311 e. The summed E-state index contributed by atoms with van der Waals surface area (Å²) in [5, 5.41) is 0. The Bertz CT molecular complexity index is 232. The molecule has 0 aliphatic carbocycles. The van der Waals surface area contributed by atoms with Crippen LogP contribution in [0.5, 0.6) is 0 Å². The molecule has 0 radical (unpaired) electrons. The number of nitrogens with zero attached hydrogens (tertiary/aromatic N) is 1. The van der Waals surface area contributed by atoms with E-state index in [-0.39, 0.29) is 11.4 Å². The second kappa shape index (κ2) is 7.00. The van der Waals surface area contributed by atoms with Gasteiger partial charge in [-0.15, -0.1) is 0 Å². The first-order valence-electron chi connectivity index (χ1n) is 6.96. The maximum absolute atomic E-state index is 11.9. The fourth-order valence-corrected chi connectivity index (χ4v) is 2.37. The SMILES string of the molecule is CCCC(C)(C)C(=O)OCCN1CCCCC1. The maximum atomic E-state index is 11.9. The van der Waals surface area contributed by atoms with Crippen molar-refractivity contribution in [3.05, 3.63) is 0 Å². The van der Waals surface area contributed by atoms with Crippen molar-refractivity contribution in [3.8, 4) is 0 Å². The van der Waals surface area contributed by atoms with Gasteiger partial charge in [-0.3, -0.25) is 9.69 Å². The van der Waals surface area contributed by atoms with Crippen LogP contribution in [0.3, 0.4) is 0 Å². The number of hydrogen-bond donors (Lipinski definition) is 0. The van der Waals surface area contributed by atoms with Crippen LogP contribution in [0.15, 0.2) is 0 Å². The summed E-state index contributed by atoms with van der Waals surface area (Å²) < 4.78 is 5.38. The first kappa shape index (κ1) is 14.5. The Morgan fingerprint density at radius 1 is 1.24 bits per heavy atom. The number of carbonyl (C=O) groups is 1. The predicted octanol–water partition coefficient (Wildman–Crippen LogP) is 2.84. The lowest BCUT2D eigenvalue weighted by Crippen LogP contribution is -2.35. The Morgan fingerprint density at radius 2 is 1.88 bits per heavy atom. The fraction of sp³-hybridized carbons (Fsp3) is 0.929. The summed E-state index contributed by atoms with van der Waals surface area (Å²) in [4.78, 5) is 14.2. The third-order valence-corrected chi connectivity index (χ3v) is 3.52. The van der Waals surface area contributed by atoms with E-state index in [2.05, 4.69) is 11.8 Å². The van der Waals surface area contributed by atoms with Crippen molar-refractivity contribution < 1.29 is 9.53 Å². The molecule has 1 aliphatic rings. The molecule has 0 bridgehead atoms. The van der Waals surface area contributed by atoms with Gasteiger partial charge in [0.05, 0.1) is 5.41 Å². The molecule has 100 valence electrons. The molecule has 1 aliphatic heterocycles. The number of ether oxygens (including phenoxy) is 1. The highest BCUT2D eigenvalue weighted by atomic mass is 16.5. The van der Waals surface area contributed by atoms with Gasteiger partial charge in [-0.2, -0.15) is 0 Å². The molecule has 1 saturated heterocycles. The normalized spacial score (nSPS) is 18.1. The van der Waals surface area contributed by atoms with Crippen molar-refractivity contribution in [2.24, 2.45) is 5.41 Å². The molecule has 0 N–H and O–H groups in total. The topological polar surface area (TPSA) is 29.5 Å². The summed E-state index contributed by atoms with van der Waals surface area (Å²) >= 11 is 0. The standard InChI is InChI=1S/C14H27NO2/c1-4-8-14(2,3)13(16)17-12-11-15-9-6-5-7-10-15/h4-12H2,1-3H3. The van der Waals surface area contributed by atoms with Crippen LogP contribution in [0.4, 0.5) is 0 Å². The van der Waals surface area contributed by atoms with Crippen molar-refractivity contribution in [1.82, 2.24) is 4.90 Å². The zero-order valence-electron chi connectivity index (χ0n) is 11.6. The summed E-state index contributed by atoms with van der Waals surface area (Å²) in [5.74, 6) is -0.0450. The molecular formula is C14H27NO2. The summed E-state index contributed by atoms with van der Waals surface area (Å²) in [5.41, 5.74) is -0.323. The Kier molecular flexibility index (Phi) is 5.96. The van der Waals surface area contributed by atoms with Gasteiger partial charge in [-0.1, -0.05) is 19.8 Å². The number of piperidine rings is 1. The molecule has 17 heavy (non-hydrogen) atoms. The molecule has 0 amide bonds. The quantitative estimate of drug-likeness (QED) is 0.670. The third kappa shape index (κ3) is 5.07.